The van der Waals surface area contributed by atoms with Crippen molar-refractivity contribution in [1.29, 1.82) is 0 Å². The summed E-state index contributed by atoms with van der Waals surface area (Å²) in [4.78, 5) is 0. The zero-order valence-electron chi connectivity index (χ0n) is 6.72. The first kappa shape index (κ1) is 10.3. The molecule has 0 saturated carbocycles. The average molecular weight is 166 g/mol. The van der Waals surface area contributed by atoms with E-state index in [2.05, 4.69) is 9.24 Å². The van der Waals surface area contributed by atoms with Gasteiger partial charge in [-0.25, -0.2) is 0 Å². The van der Waals surface area contributed by atoms with Gasteiger partial charge < -0.3 is 14.2 Å². The fraction of sp³-hybridized carbons (Fsp3) is 1.00. The number of rotatable bonds is 5. The molecule has 0 aliphatic heterocycles. The Balaban J connectivity index is 3.69. The summed E-state index contributed by atoms with van der Waals surface area (Å²) in [5, 5.41) is -0.385. The molecule has 1 atom stereocenters. The lowest BCUT2D eigenvalue weighted by molar-refractivity contribution is -0.0427. The summed E-state index contributed by atoms with van der Waals surface area (Å²) >= 11 is 0. The van der Waals surface area contributed by atoms with Crippen molar-refractivity contribution < 1.29 is 14.2 Å². The van der Waals surface area contributed by atoms with Crippen LogP contribution in [-0.4, -0.2) is 39.9 Å². The van der Waals surface area contributed by atoms with Gasteiger partial charge in [-0.1, -0.05) is 9.24 Å². The maximum absolute atomic E-state index is 5.13. The van der Waals surface area contributed by atoms with Gasteiger partial charge in [0.25, 0.3) is 0 Å². The standard InChI is InChI=1S/C6H15O3P/c1-7-4-6(10,9-3)5-8-2/h4-5,10H2,1-3H3. The van der Waals surface area contributed by atoms with Crippen LogP contribution < -0.4 is 0 Å². The highest BCUT2D eigenvalue weighted by Gasteiger charge is 2.23. The van der Waals surface area contributed by atoms with E-state index < -0.39 is 0 Å². The lowest BCUT2D eigenvalue weighted by Gasteiger charge is -2.25. The predicted molar refractivity (Wildman–Crippen MR) is 43.2 cm³/mol. The first-order chi connectivity index (χ1) is 4.68. The molecule has 0 aromatic heterocycles. The first-order valence-electron chi connectivity index (χ1n) is 3.00. The largest absolute Gasteiger partial charge is 0.381 e. The van der Waals surface area contributed by atoms with E-state index in [1.807, 2.05) is 0 Å². The third-order valence-corrected chi connectivity index (χ3v) is 1.75. The zero-order valence-corrected chi connectivity index (χ0v) is 7.87. The molecule has 0 rings (SSSR count). The van der Waals surface area contributed by atoms with Gasteiger partial charge in [0.15, 0.2) is 0 Å². The van der Waals surface area contributed by atoms with E-state index in [0.29, 0.717) is 13.2 Å². The van der Waals surface area contributed by atoms with Crippen LogP contribution in [0, 0.1) is 0 Å². The molecule has 4 heteroatoms. The third-order valence-electron chi connectivity index (χ3n) is 1.18. The second kappa shape index (κ2) is 5.03. The minimum atomic E-state index is -0.385. The van der Waals surface area contributed by atoms with E-state index in [0.717, 1.165) is 0 Å². The second-order valence-corrected chi connectivity index (χ2v) is 3.19. The molecule has 3 nitrogen and oxygen atoms in total. The van der Waals surface area contributed by atoms with Gasteiger partial charge in [-0.3, -0.25) is 0 Å². The van der Waals surface area contributed by atoms with Gasteiger partial charge in [-0.05, 0) is 0 Å². The second-order valence-electron chi connectivity index (χ2n) is 2.13. The van der Waals surface area contributed by atoms with E-state index in [-0.39, 0.29) is 5.34 Å². The molecule has 0 radical (unpaired) electrons. The topological polar surface area (TPSA) is 27.7 Å². The Morgan fingerprint density at radius 3 is 1.70 bits per heavy atom. The molecule has 10 heavy (non-hydrogen) atoms. The van der Waals surface area contributed by atoms with E-state index in [1.165, 1.54) is 0 Å². The zero-order chi connectivity index (χ0) is 8.04. The van der Waals surface area contributed by atoms with Crippen LogP contribution in [0.1, 0.15) is 0 Å². The van der Waals surface area contributed by atoms with Crippen molar-refractivity contribution in [3.63, 3.8) is 0 Å². The molecular weight excluding hydrogens is 151 g/mol. The van der Waals surface area contributed by atoms with Crippen molar-refractivity contribution in [1.82, 2.24) is 0 Å². The van der Waals surface area contributed by atoms with Crippen LogP contribution in [0.15, 0.2) is 0 Å². The summed E-state index contributed by atoms with van der Waals surface area (Å²) in [6, 6.07) is 0. The Hall–Kier alpha value is 0.310. The van der Waals surface area contributed by atoms with E-state index >= 15 is 0 Å². The van der Waals surface area contributed by atoms with Gasteiger partial charge in [0, 0.05) is 21.3 Å². The molecule has 0 aliphatic rings. The molecular formula is C6H15O3P. The Bertz CT molecular complexity index is 81.1. The summed E-state index contributed by atoms with van der Waals surface area (Å²) in [7, 11) is 7.46. The highest BCUT2D eigenvalue weighted by atomic mass is 31.0. The van der Waals surface area contributed by atoms with Crippen molar-refractivity contribution in [2.75, 3.05) is 34.5 Å². The van der Waals surface area contributed by atoms with Crippen LogP contribution >= 0.6 is 9.24 Å². The number of ether oxygens (including phenoxy) is 3. The van der Waals surface area contributed by atoms with E-state index in [4.69, 9.17) is 14.2 Å². The Kier molecular flexibility index (Phi) is 5.18. The summed E-state index contributed by atoms with van der Waals surface area (Å²) < 4.78 is 15.0. The summed E-state index contributed by atoms with van der Waals surface area (Å²) in [5.74, 6) is 0. The van der Waals surface area contributed by atoms with Gasteiger partial charge in [0.2, 0.25) is 0 Å². The number of hydrogen-bond acceptors (Lipinski definition) is 3. The number of hydrogen-bond donors (Lipinski definition) is 0. The molecule has 0 heterocycles. The Morgan fingerprint density at radius 1 is 1.10 bits per heavy atom. The third kappa shape index (κ3) is 3.47. The molecule has 0 amide bonds. The van der Waals surface area contributed by atoms with Gasteiger partial charge in [0.1, 0.15) is 5.34 Å². The molecule has 0 bridgehead atoms. The Labute approximate surface area is 64.2 Å². The van der Waals surface area contributed by atoms with Gasteiger partial charge in [0.05, 0.1) is 13.2 Å². The monoisotopic (exact) mass is 166 g/mol. The lowest BCUT2D eigenvalue weighted by Crippen LogP contribution is -2.34. The van der Waals surface area contributed by atoms with Crippen molar-refractivity contribution in [3.8, 4) is 0 Å². The molecule has 0 spiro atoms. The summed E-state index contributed by atoms with van der Waals surface area (Å²) in [6.07, 6.45) is 0. The van der Waals surface area contributed by atoms with Crippen LogP contribution in [0.3, 0.4) is 0 Å². The van der Waals surface area contributed by atoms with Gasteiger partial charge in [-0.15, -0.1) is 0 Å². The quantitative estimate of drug-likeness (QED) is 0.556. The summed E-state index contributed by atoms with van der Waals surface area (Å²) in [6.45, 7) is 1.03. The highest BCUT2D eigenvalue weighted by molar-refractivity contribution is 7.18. The van der Waals surface area contributed by atoms with Crippen molar-refractivity contribution in [3.05, 3.63) is 0 Å². The fourth-order valence-corrected chi connectivity index (χ4v) is 0.981. The minimum absolute atomic E-state index is 0.385. The molecule has 0 N–H and O–H groups in total. The molecule has 1 unspecified atom stereocenters. The number of methoxy groups -OCH3 is 3. The fourth-order valence-electron chi connectivity index (χ4n) is 0.648. The SMILES string of the molecule is COCC(P)(COC)OC. The summed E-state index contributed by atoms with van der Waals surface area (Å²) in [5.41, 5.74) is 0. The molecule has 62 valence electrons. The predicted octanol–water partition coefficient (Wildman–Crippen LogP) is 0.497. The van der Waals surface area contributed by atoms with Crippen LogP contribution in [-0.2, 0) is 14.2 Å². The molecule has 0 aromatic carbocycles. The lowest BCUT2D eigenvalue weighted by atomic mass is 10.4. The molecule has 0 aliphatic carbocycles. The molecule has 0 fully saturated rings. The minimum Gasteiger partial charge on any atom is -0.381 e. The normalized spacial score (nSPS) is 12.0. The van der Waals surface area contributed by atoms with Crippen molar-refractivity contribution in [2.45, 2.75) is 5.34 Å². The van der Waals surface area contributed by atoms with E-state index in [9.17, 15) is 0 Å². The van der Waals surface area contributed by atoms with Crippen LogP contribution in [0.25, 0.3) is 0 Å². The van der Waals surface area contributed by atoms with E-state index in [1.54, 1.807) is 21.3 Å². The molecule has 0 aromatic rings. The smallest absolute Gasteiger partial charge is 0.127 e. The maximum Gasteiger partial charge on any atom is 0.127 e. The van der Waals surface area contributed by atoms with Gasteiger partial charge in [-0.2, -0.15) is 0 Å². The maximum atomic E-state index is 5.13. The first-order valence-corrected chi connectivity index (χ1v) is 3.58. The van der Waals surface area contributed by atoms with Crippen molar-refractivity contribution in [2.24, 2.45) is 0 Å². The average Bonchev–Trinajstić information content (AvgIpc) is 1.89. The Morgan fingerprint density at radius 2 is 1.50 bits per heavy atom. The molecule has 0 saturated heterocycles. The van der Waals surface area contributed by atoms with Crippen LogP contribution in [0.4, 0.5) is 0 Å². The van der Waals surface area contributed by atoms with Gasteiger partial charge >= 0.3 is 0 Å². The van der Waals surface area contributed by atoms with Crippen molar-refractivity contribution >= 4 is 9.24 Å². The van der Waals surface area contributed by atoms with Crippen LogP contribution in [0.5, 0.6) is 0 Å². The highest BCUT2D eigenvalue weighted by Crippen LogP contribution is 2.19. The van der Waals surface area contributed by atoms with Crippen LogP contribution in [0.2, 0.25) is 0 Å².